The van der Waals surface area contributed by atoms with Gasteiger partial charge in [0, 0.05) is 37.8 Å². The van der Waals surface area contributed by atoms with Crippen LogP contribution in [-0.2, 0) is 17.7 Å². The molecule has 0 saturated carbocycles. The topological polar surface area (TPSA) is 39.1 Å². The van der Waals surface area contributed by atoms with Crippen molar-refractivity contribution in [1.29, 1.82) is 0 Å². The van der Waals surface area contributed by atoms with Gasteiger partial charge in [-0.2, -0.15) is 0 Å². The molecule has 0 atom stereocenters. The molecule has 0 unspecified atom stereocenters. The SMILES string of the molecule is CCOCCCn1ccnc1Nc1ccc(CC)cc1. The molecule has 1 aromatic heterocycles. The predicted octanol–water partition coefficient (Wildman–Crippen LogP) is 3.62. The van der Waals surface area contributed by atoms with Gasteiger partial charge in [-0.1, -0.05) is 19.1 Å². The van der Waals surface area contributed by atoms with E-state index < -0.39 is 0 Å². The highest BCUT2D eigenvalue weighted by Gasteiger charge is 2.03. The van der Waals surface area contributed by atoms with Gasteiger partial charge in [0.25, 0.3) is 0 Å². The lowest BCUT2D eigenvalue weighted by atomic mass is 10.1. The molecule has 0 saturated heterocycles. The molecule has 2 aromatic rings. The second kappa shape index (κ2) is 7.70. The van der Waals surface area contributed by atoms with Gasteiger partial charge < -0.3 is 14.6 Å². The molecule has 4 heteroatoms. The van der Waals surface area contributed by atoms with E-state index in [1.165, 1.54) is 5.56 Å². The largest absolute Gasteiger partial charge is 0.382 e. The molecule has 0 aliphatic carbocycles. The van der Waals surface area contributed by atoms with E-state index in [9.17, 15) is 0 Å². The monoisotopic (exact) mass is 273 g/mol. The highest BCUT2D eigenvalue weighted by molar-refractivity contribution is 5.54. The smallest absolute Gasteiger partial charge is 0.207 e. The van der Waals surface area contributed by atoms with Crippen LogP contribution in [-0.4, -0.2) is 22.8 Å². The van der Waals surface area contributed by atoms with Crippen LogP contribution < -0.4 is 5.32 Å². The second-order valence-electron chi connectivity index (χ2n) is 4.67. The third kappa shape index (κ3) is 4.10. The molecule has 20 heavy (non-hydrogen) atoms. The molecule has 1 aromatic carbocycles. The predicted molar refractivity (Wildman–Crippen MR) is 82.4 cm³/mol. The molecule has 1 N–H and O–H groups in total. The average Bonchev–Trinajstić information content (AvgIpc) is 2.92. The van der Waals surface area contributed by atoms with Crippen molar-refractivity contribution in [3.63, 3.8) is 0 Å². The van der Waals surface area contributed by atoms with Crippen LogP contribution in [0.4, 0.5) is 11.6 Å². The summed E-state index contributed by atoms with van der Waals surface area (Å²) in [5.74, 6) is 0.880. The van der Waals surface area contributed by atoms with Crippen molar-refractivity contribution in [2.45, 2.75) is 33.2 Å². The molecule has 0 aliphatic heterocycles. The van der Waals surface area contributed by atoms with Crippen LogP contribution in [0.25, 0.3) is 0 Å². The zero-order valence-electron chi connectivity index (χ0n) is 12.3. The Bertz CT molecular complexity index is 505. The zero-order valence-corrected chi connectivity index (χ0v) is 12.3. The summed E-state index contributed by atoms with van der Waals surface area (Å²) in [6.07, 6.45) is 5.87. The summed E-state index contributed by atoms with van der Waals surface area (Å²) in [6.45, 7) is 6.66. The minimum Gasteiger partial charge on any atom is -0.382 e. The van der Waals surface area contributed by atoms with Crippen LogP contribution in [0.3, 0.4) is 0 Å². The Morgan fingerprint density at radius 1 is 1.20 bits per heavy atom. The van der Waals surface area contributed by atoms with E-state index in [0.717, 1.165) is 44.2 Å². The van der Waals surface area contributed by atoms with E-state index in [4.69, 9.17) is 4.74 Å². The molecular weight excluding hydrogens is 250 g/mol. The van der Waals surface area contributed by atoms with E-state index in [-0.39, 0.29) is 0 Å². The van der Waals surface area contributed by atoms with Gasteiger partial charge in [-0.25, -0.2) is 4.98 Å². The van der Waals surface area contributed by atoms with Gasteiger partial charge in [-0.05, 0) is 37.5 Å². The van der Waals surface area contributed by atoms with Gasteiger partial charge in [0.15, 0.2) is 0 Å². The van der Waals surface area contributed by atoms with E-state index in [1.807, 2.05) is 19.3 Å². The number of hydrogen-bond acceptors (Lipinski definition) is 3. The Morgan fingerprint density at radius 3 is 2.70 bits per heavy atom. The van der Waals surface area contributed by atoms with Gasteiger partial charge in [0.1, 0.15) is 0 Å². The molecular formula is C16H23N3O. The maximum absolute atomic E-state index is 5.36. The van der Waals surface area contributed by atoms with Gasteiger partial charge in [0.05, 0.1) is 0 Å². The lowest BCUT2D eigenvalue weighted by Crippen LogP contribution is -2.06. The number of rotatable bonds is 8. The van der Waals surface area contributed by atoms with Crippen LogP contribution >= 0.6 is 0 Å². The van der Waals surface area contributed by atoms with Crippen molar-refractivity contribution >= 4 is 11.6 Å². The lowest BCUT2D eigenvalue weighted by Gasteiger charge is -2.10. The molecule has 0 bridgehead atoms. The Hall–Kier alpha value is -1.81. The van der Waals surface area contributed by atoms with E-state index in [2.05, 4.69) is 46.1 Å². The normalized spacial score (nSPS) is 10.7. The van der Waals surface area contributed by atoms with E-state index in [0.29, 0.717) is 0 Å². The maximum atomic E-state index is 5.36. The van der Waals surface area contributed by atoms with Crippen LogP contribution in [0.2, 0.25) is 0 Å². The number of anilines is 2. The van der Waals surface area contributed by atoms with Crippen LogP contribution in [0, 0.1) is 0 Å². The van der Waals surface area contributed by atoms with Gasteiger partial charge in [-0.15, -0.1) is 0 Å². The van der Waals surface area contributed by atoms with Crippen molar-refractivity contribution in [2.24, 2.45) is 0 Å². The van der Waals surface area contributed by atoms with Crippen LogP contribution in [0.5, 0.6) is 0 Å². The van der Waals surface area contributed by atoms with Crippen molar-refractivity contribution in [3.05, 3.63) is 42.2 Å². The molecule has 0 aliphatic rings. The number of hydrogen-bond donors (Lipinski definition) is 1. The lowest BCUT2D eigenvalue weighted by molar-refractivity contribution is 0.142. The standard InChI is InChI=1S/C16H23N3O/c1-3-14-6-8-15(9-7-14)18-16-17-10-12-19(16)11-5-13-20-4-2/h6-10,12H,3-5,11,13H2,1-2H3,(H,17,18). The summed E-state index contributed by atoms with van der Waals surface area (Å²) < 4.78 is 7.48. The number of aryl methyl sites for hydroxylation is 2. The van der Waals surface area contributed by atoms with Crippen molar-refractivity contribution < 1.29 is 4.74 Å². The van der Waals surface area contributed by atoms with Gasteiger partial charge >= 0.3 is 0 Å². The average molecular weight is 273 g/mol. The first-order valence-corrected chi connectivity index (χ1v) is 7.28. The summed E-state index contributed by atoms with van der Waals surface area (Å²) in [5, 5.41) is 3.36. The number of aromatic nitrogens is 2. The Morgan fingerprint density at radius 2 is 2.00 bits per heavy atom. The first-order valence-electron chi connectivity index (χ1n) is 7.28. The summed E-state index contributed by atoms with van der Waals surface area (Å²) in [4.78, 5) is 4.36. The Kier molecular flexibility index (Phi) is 5.62. The first kappa shape index (κ1) is 14.6. The molecule has 0 spiro atoms. The van der Waals surface area contributed by atoms with Crippen molar-refractivity contribution in [1.82, 2.24) is 9.55 Å². The van der Waals surface area contributed by atoms with Crippen LogP contribution in [0.1, 0.15) is 25.8 Å². The molecule has 2 rings (SSSR count). The van der Waals surface area contributed by atoms with Crippen molar-refractivity contribution in [2.75, 3.05) is 18.5 Å². The highest BCUT2D eigenvalue weighted by atomic mass is 16.5. The summed E-state index contributed by atoms with van der Waals surface area (Å²) >= 11 is 0. The fraction of sp³-hybridized carbons (Fsp3) is 0.438. The summed E-state index contributed by atoms with van der Waals surface area (Å²) in [5.41, 5.74) is 2.41. The van der Waals surface area contributed by atoms with Gasteiger partial charge in [-0.3, -0.25) is 0 Å². The Labute approximate surface area is 120 Å². The van der Waals surface area contributed by atoms with Crippen LogP contribution in [0.15, 0.2) is 36.7 Å². The maximum Gasteiger partial charge on any atom is 0.207 e. The fourth-order valence-electron chi connectivity index (χ4n) is 2.05. The summed E-state index contributed by atoms with van der Waals surface area (Å²) in [7, 11) is 0. The first-order chi connectivity index (χ1) is 9.83. The fourth-order valence-corrected chi connectivity index (χ4v) is 2.05. The number of nitrogens with zero attached hydrogens (tertiary/aromatic N) is 2. The number of benzene rings is 1. The molecule has 0 radical (unpaired) electrons. The third-order valence-corrected chi connectivity index (χ3v) is 3.23. The quantitative estimate of drug-likeness (QED) is 0.747. The van der Waals surface area contributed by atoms with Gasteiger partial charge in [0.2, 0.25) is 5.95 Å². The molecule has 0 amide bonds. The third-order valence-electron chi connectivity index (χ3n) is 3.23. The van der Waals surface area contributed by atoms with E-state index in [1.54, 1.807) is 0 Å². The molecule has 4 nitrogen and oxygen atoms in total. The number of nitrogens with one attached hydrogen (secondary N) is 1. The zero-order chi connectivity index (χ0) is 14.2. The molecule has 1 heterocycles. The minimum atomic E-state index is 0.777. The van der Waals surface area contributed by atoms with E-state index >= 15 is 0 Å². The summed E-state index contributed by atoms with van der Waals surface area (Å²) in [6, 6.07) is 8.48. The van der Waals surface area contributed by atoms with Crippen molar-refractivity contribution in [3.8, 4) is 0 Å². The molecule has 0 fully saturated rings. The molecule has 108 valence electrons. The minimum absolute atomic E-state index is 0.777. The number of ether oxygens (including phenoxy) is 1. The Balaban J connectivity index is 1.93. The number of imidazole rings is 1. The second-order valence-corrected chi connectivity index (χ2v) is 4.67. The highest BCUT2D eigenvalue weighted by Crippen LogP contribution is 2.16.